The van der Waals surface area contributed by atoms with E-state index in [0.717, 1.165) is 5.39 Å². The summed E-state index contributed by atoms with van der Waals surface area (Å²) in [6.45, 7) is 2.26. The molecule has 1 heterocycles. The number of hydrogen-bond acceptors (Lipinski definition) is 5. The minimum absolute atomic E-state index is 0.0508. The molecule has 24 heavy (non-hydrogen) atoms. The molecule has 3 rings (SSSR count). The van der Waals surface area contributed by atoms with E-state index in [9.17, 15) is 13.2 Å². The maximum absolute atomic E-state index is 12.9. The van der Waals surface area contributed by atoms with E-state index in [2.05, 4.69) is 4.72 Å². The van der Waals surface area contributed by atoms with E-state index in [4.69, 9.17) is 9.47 Å². The Bertz CT molecular complexity index is 853. The van der Waals surface area contributed by atoms with Crippen LogP contribution in [0.3, 0.4) is 0 Å². The van der Waals surface area contributed by atoms with E-state index >= 15 is 0 Å². The summed E-state index contributed by atoms with van der Waals surface area (Å²) in [5, 5.41) is 1.48. The van der Waals surface area contributed by atoms with Crippen LogP contribution in [0.15, 0.2) is 47.4 Å². The van der Waals surface area contributed by atoms with Gasteiger partial charge in [0.15, 0.2) is 0 Å². The van der Waals surface area contributed by atoms with Crippen molar-refractivity contribution < 1.29 is 22.7 Å². The third kappa shape index (κ3) is 3.28. The van der Waals surface area contributed by atoms with E-state index in [1.807, 2.05) is 18.2 Å². The van der Waals surface area contributed by atoms with Crippen molar-refractivity contribution in [2.45, 2.75) is 23.8 Å². The van der Waals surface area contributed by atoms with Gasteiger partial charge in [-0.05, 0) is 18.4 Å². The highest BCUT2D eigenvalue weighted by Gasteiger charge is 2.44. The van der Waals surface area contributed by atoms with Gasteiger partial charge in [-0.2, -0.15) is 4.72 Å². The summed E-state index contributed by atoms with van der Waals surface area (Å²) < 4.78 is 38.5. The number of ether oxygens (including phenoxy) is 2. The van der Waals surface area contributed by atoms with Crippen molar-refractivity contribution in [3.8, 4) is 0 Å². The van der Waals surface area contributed by atoms with E-state index in [1.165, 1.54) is 0 Å². The van der Waals surface area contributed by atoms with Gasteiger partial charge < -0.3 is 9.47 Å². The summed E-state index contributed by atoms with van der Waals surface area (Å²) in [6.07, 6.45) is -0.0508. The van der Waals surface area contributed by atoms with Gasteiger partial charge in [0.1, 0.15) is 0 Å². The number of fused-ring (bicyclic) bond motifs is 1. The van der Waals surface area contributed by atoms with Crippen LogP contribution < -0.4 is 4.72 Å². The lowest BCUT2D eigenvalue weighted by Gasteiger charge is -2.40. The van der Waals surface area contributed by atoms with Crippen molar-refractivity contribution in [1.29, 1.82) is 0 Å². The molecule has 0 radical (unpaired) electrons. The average molecular weight is 349 g/mol. The Kier molecular flexibility index (Phi) is 4.58. The van der Waals surface area contributed by atoms with Crippen LogP contribution in [-0.2, 0) is 24.3 Å². The molecular formula is C17H19NO5S. The number of hydrogen-bond donors (Lipinski definition) is 1. The van der Waals surface area contributed by atoms with Gasteiger partial charge in [-0.1, -0.05) is 36.4 Å². The lowest BCUT2D eigenvalue weighted by molar-refractivity contribution is -0.151. The summed E-state index contributed by atoms with van der Waals surface area (Å²) in [6, 6.07) is 12.4. The van der Waals surface area contributed by atoms with Crippen molar-refractivity contribution in [2.24, 2.45) is 0 Å². The molecule has 1 aliphatic rings. The quantitative estimate of drug-likeness (QED) is 0.805. The number of carbonyl (C=O) groups excluding carboxylic acids is 1. The van der Waals surface area contributed by atoms with Crippen LogP contribution in [0.5, 0.6) is 0 Å². The van der Waals surface area contributed by atoms with Crippen molar-refractivity contribution >= 4 is 26.8 Å². The first kappa shape index (κ1) is 16.9. The third-order valence-corrected chi connectivity index (χ3v) is 5.57. The molecule has 1 aliphatic heterocycles. The largest absolute Gasteiger partial charge is 0.466 e. The zero-order valence-electron chi connectivity index (χ0n) is 13.3. The zero-order chi connectivity index (χ0) is 17.2. The molecule has 0 atom stereocenters. The Hall–Kier alpha value is -1.96. The molecule has 0 spiro atoms. The van der Waals surface area contributed by atoms with Crippen LogP contribution >= 0.6 is 0 Å². The van der Waals surface area contributed by atoms with Crippen LogP contribution in [0.25, 0.3) is 10.8 Å². The number of nitrogens with one attached hydrogen (secondary N) is 1. The normalized spacial score (nSPS) is 16.5. The molecule has 0 aliphatic carbocycles. The smallest absolute Gasteiger partial charge is 0.307 e. The van der Waals surface area contributed by atoms with Gasteiger partial charge in [0.05, 0.1) is 36.7 Å². The fourth-order valence-corrected chi connectivity index (χ4v) is 4.41. The minimum atomic E-state index is -3.80. The number of esters is 1. The standard InChI is InChI=1S/C17H19NO5S/c1-2-23-16(19)10-17(11-22-12-17)18-24(20,21)15-9-5-7-13-6-3-4-8-14(13)15/h3-9,18H,2,10-12H2,1H3. The van der Waals surface area contributed by atoms with Crippen LogP contribution in [0.4, 0.5) is 0 Å². The summed E-state index contributed by atoms with van der Waals surface area (Å²) >= 11 is 0. The van der Waals surface area contributed by atoms with Gasteiger partial charge in [-0.25, -0.2) is 8.42 Å². The Morgan fingerprint density at radius 3 is 2.58 bits per heavy atom. The second-order valence-electron chi connectivity index (χ2n) is 5.84. The molecule has 2 aromatic carbocycles. The Morgan fingerprint density at radius 2 is 1.92 bits per heavy atom. The molecule has 128 valence electrons. The molecule has 0 bridgehead atoms. The average Bonchev–Trinajstić information content (AvgIpc) is 2.52. The number of sulfonamides is 1. The van der Waals surface area contributed by atoms with E-state index in [1.54, 1.807) is 31.2 Å². The Morgan fingerprint density at radius 1 is 1.21 bits per heavy atom. The predicted octanol–water partition coefficient (Wildman–Crippen LogP) is 1.84. The minimum Gasteiger partial charge on any atom is -0.466 e. The summed E-state index contributed by atoms with van der Waals surface area (Å²) in [5.41, 5.74) is -0.942. The van der Waals surface area contributed by atoms with Crippen molar-refractivity contribution in [1.82, 2.24) is 4.72 Å². The van der Waals surface area contributed by atoms with Gasteiger partial charge >= 0.3 is 5.97 Å². The molecule has 1 fully saturated rings. The molecule has 7 heteroatoms. The van der Waals surface area contributed by atoms with Gasteiger partial charge in [0.2, 0.25) is 10.0 Å². The van der Waals surface area contributed by atoms with Crippen molar-refractivity contribution in [2.75, 3.05) is 19.8 Å². The third-order valence-electron chi connectivity index (χ3n) is 3.93. The number of benzene rings is 2. The van der Waals surface area contributed by atoms with E-state index < -0.39 is 21.5 Å². The van der Waals surface area contributed by atoms with Crippen LogP contribution in [0.1, 0.15) is 13.3 Å². The van der Waals surface area contributed by atoms with Crippen LogP contribution in [0.2, 0.25) is 0 Å². The predicted molar refractivity (Wildman–Crippen MR) is 89.1 cm³/mol. The van der Waals surface area contributed by atoms with Gasteiger partial charge in [0.25, 0.3) is 0 Å². The fraction of sp³-hybridized carbons (Fsp3) is 0.353. The molecule has 0 aromatic heterocycles. The molecule has 0 saturated carbocycles. The molecular weight excluding hydrogens is 330 g/mol. The number of carbonyl (C=O) groups is 1. The molecule has 0 unspecified atom stereocenters. The highest BCUT2D eigenvalue weighted by atomic mass is 32.2. The Labute approximate surface area is 140 Å². The molecule has 2 aromatic rings. The first-order chi connectivity index (χ1) is 11.5. The topological polar surface area (TPSA) is 81.7 Å². The lowest BCUT2D eigenvalue weighted by atomic mass is 9.95. The fourth-order valence-electron chi connectivity index (χ4n) is 2.80. The Balaban J connectivity index is 1.91. The maximum Gasteiger partial charge on any atom is 0.307 e. The molecule has 6 nitrogen and oxygen atoms in total. The number of rotatable bonds is 6. The summed E-state index contributed by atoms with van der Waals surface area (Å²) in [5.74, 6) is -0.443. The summed E-state index contributed by atoms with van der Waals surface area (Å²) in [7, 11) is -3.80. The lowest BCUT2D eigenvalue weighted by Crippen LogP contribution is -2.63. The van der Waals surface area contributed by atoms with Gasteiger partial charge in [-0.15, -0.1) is 0 Å². The van der Waals surface area contributed by atoms with E-state index in [-0.39, 0.29) is 31.1 Å². The molecule has 1 saturated heterocycles. The monoisotopic (exact) mass is 349 g/mol. The zero-order valence-corrected chi connectivity index (χ0v) is 14.1. The van der Waals surface area contributed by atoms with Crippen LogP contribution in [-0.4, -0.2) is 39.7 Å². The first-order valence-electron chi connectivity index (χ1n) is 7.71. The van der Waals surface area contributed by atoms with E-state index in [0.29, 0.717) is 5.39 Å². The second kappa shape index (κ2) is 6.51. The summed E-state index contributed by atoms with van der Waals surface area (Å²) in [4.78, 5) is 12.0. The molecule has 0 amide bonds. The molecule has 1 N–H and O–H groups in total. The van der Waals surface area contributed by atoms with Crippen LogP contribution in [0, 0.1) is 0 Å². The second-order valence-corrected chi connectivity index (χ2v) is 7.49. The van der Waals surface area contributed by atoms with Gasteiger partial charge in [-0.3, -0.25) is 4.79 Å². The SMILES string of the molecule is CCOC(=O)CC1(NS(=O)(=O)c2cccc3ccccc23)COC1. The van der Waals surface area contributed by atoms with Gasteiger partial charge in [0, 0.05) is 5.39 Å². The highest BCUT2D eigenvalue weighted by Crippen LogP contribution is 2.28. The van der Waals surface area contributed by atoms with Crippen molar-refractivity contribution in [3.05, 3.63) is 42.5 Å². The highest BCUT2D eigenvalue weighted by molar-refractivity contribution is 7.89. The van der Waals surface area contributed by atoms with Crippen molar-refractivity contribution in [3.63, 3.8) is 0 Å². The maximum atomic E-state index is 12.9. The first-order valence-corrected chi connectivity index (χ1v) is 9.19.